The lowest BCUT2D eigenvalue weighted by Crippen LogP contribution is -2.70. The fraction of sp³-hybridized carbons (Fsp3) is 0.286. The SMILES string of the molecule is O=C(OC[C@@]1(O)C(=O)C=C[C@@H]2[C@H]1[C@H]1C=C[C@@H]2C(=O)[C@]1(O)COC(=O)c1ccccc1)c1ccccc1. The summed E-state index contributed by atoms with van der Waals surface area (Å²) in [5.41, 5.74) is -3.84. The maximum atomic E-state index is 13.3. The number of hydrogen-bond acceptors (Lipinski definition) is 8. The molecule has 0 aromatic heterocycles. The molecular weight excluding hydrogens is 464 g/mol. The molecule has 8 nitrogen and oxygen atoms in total. The number of ether oxygens (including phenoxy) is 2. The predicted octanol–water partition coefficient (Wildman–Crippen LogP) is 1.92. The topological polar surface area (TPSA) is 127 Å². The summed E-state index contributed by atoms with van der Waals surface area (Å²) in [5, 5.41) is 23.1. The molecule has 184 valence electrons. The largest absolute Gasteiger partial charge is 0.459 e. The van der Waals surface area contributed by atoms with Crippen molar-refractivity contribution < 1.29 is 38.9 Å². The van der Waals surface area contributed by atoms with E-state index >= 15 is 0 Å². The van der Waals surface area contributed by atoms with Crippen molar-refractivity contribution in [2.45, 2.75) is 11.2 Å². The molecule has 2 bridgehead atoms. The molecule has 0 amide bonds. The summed E-state index contributed by atoms with van der Waals surface area (Å²) in [6, 6.07) is 16.3. The number of carbonyl (C=O) groups excluding carboxylic acids is 4. The van der Waals surface area contributed by atoms with Crippen LogP contribution in [0.1, 0.15) is 20.7 Å². The summed E-state index contributed by atoms with van der Waals surface area (Å²) in [6.45, 7) is -1.30. The van der Waals surface area contributed by atoms with Crippen LogP contribution in [-0.2, 0) is 19.1 Å². The number of esters is 2. The van der Waals surface area contributed by atoms with E-state index in [4.69, 9.17) is 9.47 Å². The van der Waals surface area contributed by atoms with Crippen LogP contribution in [0.15, 0.2) is 85.0 Å². The highest BCUT2D eigenvalue weighted by atomic mass is 16.5. The normalized spacial score (nSPS) is 32.2. The van der Waals surface area contributed by atoms with Crippen LogP contribution in [0.5, 0.6) is 0 Å². The lowest BCUT2D eigenvalue weighted by atomic mass is 9.49. The fourth-order valence-electron chi connectivity index (χ4n) is 5.48. The van der Waals surface area contributed by atoms with Gasteiger partial charge in [0.25, 0.3) is 0 Å². The third kappa shape index (κ3) is 3.79. The average molecular weight is 488 g/mol. The molecule has 36 heavy (non-hydrogen) atoms. The van der Waals surface area contributed by atoms with Crippen molar-refractivity contribution in [2.75, 3.05) is 13.2 Å². The monoisotopic (exact) mass is 488 g/mol. The molecule has 0 radical (unpaired) electrons. The van der Waals surface area contributed by atoms with Crippen molar-refractivity contribution in [2.24, 2.45) is 23.7 Å². The van der Waals surface area contributed by atoms with Crippen LogP contribution in [0.4, 0.5) is 0 Å². The summed E-state index contributed by atoms with van der Waals surface area (Å²) in [7, 11) is 0. The zero-order chi connectivity index (χ0) is 25.5. The Morgan fingerprint density at radius 1 is 0.750 bits per heavy atom. The Morgan fingerprint density at radius 2 is 1.28 bits per heavy atom. The second-order valence-corrected chi connectivity index (χ2v) is 9.36. The molecule has 2 aromatic carbocycles. The highest BCUT2D eigenvalue weighted by Crippen LogP contribution is 2.54. The van der Waals surface area contributed by atoms with E-state index in [1.54, 1.807) is 78.9 Å². The molecule has 0 unspecified atom stereocenters. The minimum Gasteiger partial charge on any atom is -0.459 e. The fourth-order valence-corrected chi connectivity index (χ4v) is 5.48. The lowest BCUT2D eigenvalue weighted by Gasteiger charge is -2.56. The summed E-state index contributed by atoms with van der Waals surface area (Å²) in [4.78, 5) is 51.2. The Balaban J connectivity index is 1.41. The van der Waals surface area contributed by atoms with Crippen LogP contribution < -0.4 is 0 Å². The molecular formula is C28H24O8. The molecule has 2 N–H and O–H groups in total. The van der Waals surface area contributed by atoms with Gasteiger partial charge in [0.1, 0.15) is 13.2 Å². The van der Waals surface area contributed by atoms with Crippen LogP contribution in [0.25, 0.3) is 0 Å². The highest BCUT2D eigenvalue weighted by molar-refractivity contribution is 6.01. The molecule has 0 aliphatic heterocycles. The Bertz CT molecular complexity index is 1270. The Morgan fingerprint density at radius 3 is 1.83 bits per heavy atom. The Kier molecular flexibility index (Phi) is 5.94. The molecule has 0 spiro atoms. The molecule has 1 saturated carbocycles. The number of ketones is 2. The first-order valence-electron chi connectivity index (χ1n) is 11.6. The molecule has 4 aliphatic rings. The molecule has 1 fully saturated rings. The number of Topliss-reactive ketones (excluding diaryl/α,β-unsaturated/α-hetero) is 1. The van der Waals surface area contributed by atoms with E-state index in [-0.39, 0.29) is 11.1 Å². The van der Waals surface area contributed by atoms with Gasteiger partial charge in [0.2, 0.25) is 0 Å². The quantitative estimate of drug-likeness (QED) is 0.466. The van der Waals surface area contributed by atoms with E-state index < -0.39 is 71.6 Å². The minimum absolute atomic E-state index is 0.251. The first kappa shape index (κ1) is 23.8. The molecule has 8 heteroatoms. The summed E-state index contributed by atoms with van der Waals surface area (Å²) < 4.78 is 10.6. The predicted molar refractivity (Wildman–Crippen MR) is 126 cm³/mol. The standard InChI is InChI=1S/C28H24O8/c29-22-14-12-19-20-11-13-21(23(19)28(22,34)16-36-26(32)18-9-5-2-6-10-18)27(33,24(20)30)15-35-25(31)17-7-3-1-4-8-17/h1-14,19-21,23,33-34H,15-16H2/t19-,20-,21+,23-,27-,28+/m0/s1. The van der Waals surface area contributed by atoms with Crippen molar-refractivity contribution in [3.63, 3.8) is 0 Å². The van der Waals surface area contributed by atoms with Crippen LogP contribution in [0, 0.1) is 23.7 Å². The van der Waals surface area contributed by atoms with Crippen molar-refractivity contribution in [3.05, 3.63) is 96.1 Å². The Hall–Kier alpha value is -3.88. The van der Waals surface area contributed by atoms with Gasteiger partial charge in [0.05, 0.1) is 11.1 Å². The number of benzene rings is 2. The van der Waals surface area contributed by atoms with Crippen LogP contribution in [0.3, 0.4) is 0 Å². The number of hydrogen-bond donors (Lipinski definition) is 2. The van der Waals surface area contributed by atoms with Crippen LogP contribution >= 0.6 is 0 Å². The molecule has 6 rings (SSSR count). The van der Waals surface area contributed by atoms with E-state index in [2.05, 4.69) is 0 Å². The van der Waals surface area contributed by atoms with Crippen LogP contribution in [0.2, 0.25) is 0 Å². The van der Waals surface area contributed by atoms with Gasteiger partial charge in [0.15, 0.2) is 22.8 Å². The van der Waals surface area contributed by atoms with Gasteiger partial charge in [-0.3, -0.25) is 9.59 Å². The first-order chi connectivity index (χ1) is 17.3. The van der Waals surface area contributed by atoms with Gasteiger partial charge >= 0.3 is 11.9 Å². The summed E-state index contributed by atoms with van der Waals surface area (Å²) in [5.74, 6) is -6.17. The average Bonchev–Trinajstić information content (AvgIpc) is 2.91. The van der Waals surface area contributed by atoms with Gasteiger partial charge in [-0.25, -0.2) is 9.59 Å². The van der Waals surface area contributed by atoms with Gasteiger partial charge in [-0.15, -0.1) is 0 Å². The Labute approximate surface area is 206 Å². The van der Waals surface area contributed by atoms with E-state index in [0.29, 0.717) is 0 Å². The third-order valence-electron chi connectivity index (χ3n) is 7.34. The van der Waals surface area contributed by atoms with E-state index in [1.165, 1.54) is 6.08 Å². The number of allylic oxidation sites excluding steroid dienone is 2. The van der Waals surface area contributed by atoms with Crippen molar-refractivity contribution >= 4 is 23.5 Å². The molecule has 0 heterocycles. The zero-order valence-corrected chi connectivity index (χ0v) is 19.2. The molecule has 0 saturated heterocycles. The smallest absolute Gasteiger partial charge is 0.338 e. The second-order valence-electron chi connectivity index (χ2n) is 9.36. The third-order valence-corrected chi connectivity index (χ3v) is 7.34. The first-order valence-corrected chi connectivity index (χ1v) is 11.6. The lowest BCUT2D eigenvalue weighted by molar-refractivity contribution is -0.191. The number of aliphatic hydroxyl groups is 2. The highest BCUT2D eigenvalue weighted by Gasteiger charge is 2.66. The van der Waals surface area contributed by atoms with Crippen molar-refractivity contribution in [1.29, 1.82) is 0 Å². The van der Waals surface area contributed by atoms with Gasteiger partial charge < -0.3 is 19.7 Å². The minimum atomic E-state index is -2.18. The van der Waals surface area contributed by atoms with Crippen molar-refractivity contribution in [1.82, 2.24) is 0 Å². The maximum absolute atomic E-state index is 13.3. The zero-order valence-electron chi connectivity index (χ0n) is 19.2. The molecule has 2 aromatic rings. The van der Waals surface area contributed by atoms with E-state index in [1.807, 2.05) is 0 Å². The van der Waals surface area contributed by atoms with E-state index in [0.717, 1.165) is 0 Å². The molecule has 6 atom stereocenters. The summed E-state index contributed by atoms with van der Waals surface area (Å²) >= 11 is 0. The van der Waals surface area contributed by atoms with Gasteiger partial charge in [-0.1, -0.05) is 54.6 Å². The number of fused-ring (bicyclic) bond motifs is 1. The van der Waals surface area contributed by atoms with Gasteiger partial charge in [-0.2, -0.15) is 0 Å². The number of rotatable bonds is 6. The summed E-state index contributed by atoms with van der Waals surface area (Å²) in [6.07, 6.45) is 5.95. The van der Waals surface area contributed by atoms with E-state index in [9.17, 15) is 29.4 Å². The number of carbonyl (C=O) groups is 4. The van der Waals surface area contributed by atoms with Gasteiger partial charge in [0, 0.05) is 17.8 Å². The van der Waals surface area contributed by atoms with Crippen molar-refractivity contribution in [3.8, 4) is 0 Å². The van der Waals surface area contributed by atoms with Crippen LogP contribution in [-0.4, -0.2) is 58.1 Å². The van der Waals surface area contributed by atoms with Gasteiger partial charge in [-0.05, 0) is 36.3 Å². The maximum Gasteiger partial charge on any atom is 0.338 e. The molecule has 4 aliphatic carbocycles. The second kappa shape index (κ2) is 8.96.